The number of ether oxygens (including phenoxy) is 2. The zero-order chi connectivity index (χ0) is 20.3. The standard InChI is InChI=1S/C20H16F2N2O4/c1-27-11-28-19(6-12-2-4-13(5-3-12)20(25)26)24-10-14(9-23)15-7-16(21)17(22)8-18(15)24/h2-5,7-8,10,19H,6,11H2,1H3,(H,25,26). The first-order valence-electron chi connectivity index (χ1n) is 8.27. The number of carboxylic acids is 1. The average molecular weight is 386 g/mol. The van der Waals surface area contributed by atoms with Crippen molar-refractivity contribution < 1.29 is 28.2 Å². The van der Waals surface area contributed by atoms with Crippen molar-refractivity contribution in [3.8, 4) is 6.07 Å². The number of aromatic nitrogens is 1. The highest BCUT2D eigenvalue weighted by atomic mass is 19.2. The van der Waals surface area contributed by atoms with Gasteiger partial charge >= 0.3 is 5.97 Å². The van der Waals surface area contributed by atoms with E-state index in [1.165, 1.54) is 25.4 Å². The van der Waals surface area contributed by atoms with Gasteiger partial charge in [-0.05, 0) is 23.8 Å². The average Bonchev–Trinajstić information content (AvgIpc) is 3.03. The molecule has 0 spiro atoms. The summed E-state index contributed by atoms with van der Waals surface area (Å²) in [6.07, 6.45) is 1.07. The molecule has 0 saturated carbocycles. The molecular formula is C20H16F2N2O4. The van der Waals surface area contributed by atoms with E-state index in [2.05, 4.69) is 0 Å². The Hall–Kier alpha value is -3.28. The summed E-state index contributed by atoms with van der Waals surface area (Å²) in [5, 5.41) is 18.6. The Morgan fingerprint density at radius 2 is 1.93 bits per heavy atom. The van der Waals surface area contributed by atoms with Crippen LogP contribution < -0.4 is 0 Å². The van der Waals surface area contributed by atoms with E-state index in [-0.39, 0.29) is 29.7 Å². The smallest absolute Gasteiger partial charge is 0.335 e. The van der Waals surface area contributed by atoms with E-state index < -0.39 is 23.8 Å². The first-order valence-corrected chi connectivity index (χ1v) is 8.27. The van der Waals surface area contributed by atoms with Crippen LogP contribution in [-0.2, 0) is 15.9 Å². The first kappa shape index (κ1) is 19.5. The SMILES string of the molecule is COCOC(Cc1ccc(C(=O)O)cc1)n1cc(C#N)c2cc(F)c(F)cc21. The maximum Gasteiger partial charge on any atom is 0.335 e. The molecule has 0 radical (unpaired) electrons. The highest BCUT2D eigenvalue weighted by molar-refractivity contribution is 5.87. The molecule has 1 atom stereocenters. The molecule has 0 aliphatic carbocycles. The van der Waals surface area contributed by atoms with Crippen LogP contribution >= 0.6 is 0 Å². The van der Waals surface area contributed by atoms with Crippen LogP contribution in [0.25, 0.3) is 10.9 Å². The first-order chi connectivity index (χ1) is 13.4. The number of hydrogen-bond acceptors (Lipinski definition) is 4. The molecule has 0 bridgehead atoms. The molecule has 3 rings (SSSR count). The third-order valence-corrected chi connectivity index (χ3v) is 4.30. The lowest BCUT2D eigenvalue weighted by Crippen LogP contribution is -2.16. The summed E-state index contributed by atoms with van der Waals surface area (Å²) in [5.74, 6) is -3.11. The van der Waals surface area contributed by atoms with Gasteiger partial charge in [-0.25, -0.2) is 13.6 Å². The van der Waals surface area contributed by atoms with Crippen molar-refractivity contribution in [2.45, 2.75) is 12.6 Å². The number of rotatable bonds is 7. The number of hydrogen-bond donors (Lipinski definition) is 1. The van der Waals surface area contributed by atoms with Gasteiger partial charge in [-0.2, -0.15) is 5.26 Å². The molecule has 8 heteroatoms. The normalized spacial score (nSPS) is 12.1. The second-order valence-corrected chi connectivity index (χ2v) is 6.08. The molecule has 1 N–H and O–H groups in total. The van der Waals surface area contributed by atoms with Gasteiger partial charge in [0.1, 0.15) is 19.1 Å². The predicted octanol–water partition coefficient (Wildman–Crippen LogP) is 3.85. The predicted molar refractivity (Wildman–Crippen MR) is 95.7 cm³/mol. The second kappa shape index (κ2) is 8.17. The fourth-order valence-corrected chi connectivity index (χ4v) is 2.94. The molecule has 0 aliphatic rings. The van der Waals surface area contributed by atoms with Crippen LogP contribution in [-0.4, -0.2) is 29.5 Å². The molecule has 3 aromatic rings. The van der Waals surface area contributed by atoms with Gasteiger partial charge in [0.2, 0.25) is 0 Å². The minimum atomic E-state index is -1.04. The number of methoxy groups -OCH3 is 1. The fourth-order valence-electron chi connectivity index (χ4n) is 2.94. The van der Waals surface area contributed by atoms with Crippen molar-refractivity contribution >= 4 is 16.9 Å². The van der Waals surface area contributed by atoms with E-state index in [0.717, 1.165) is 17.7 Å². The van der Waals surface area contributed by atoms with Crippen LogP contribution in [0.5, 0.6) is 0 Å². The molecule has 0 fully saturated rings. The molecule has 1 heterocycles. The van der Waals surface area contributed by atoms with Crippen LogP contribution in [0, 0.1) is 23.0 Å². The van der Waals surface area contributed by atoms with Gasteiger partial charge in [-0.15, -0.1) is 0 Å². The number of nitrogens with zero attached hydrogens (tertiary/aromatic N) is 2. The fraction of sp³-hybridized carbons (Fsp3) is 0.200. The maximum atomic E-state index is 13.8. The lowest BCUT2D eigenvalue weighted by Gasteiger charge is -2.21. The molecule has 1 unspecified atom stereocenters. The Bertz CT molecular complexity index is 1050. The lowest BCUT2D eigenvalue weighted by atomic mass is 10.1. The molecule has 0 aliphatic heterocycles. The highest BCUT2D eigenvalue weighted by Gasteiger charge is 2.20. The number of carboxylic acid groups (broad SMARTS) is 1. The van der Waals surface area contributed by atoms with E-state index in [1.54, 1.807) is 16.7 Å². The minimum absolute atomic E-state index is 0.0664. The van der Waals surface area contributed by atoms with Crippen molar-refractivity contribution in [3.63, 3.8) is 0 Å². The van der Waals surface area contributed by atoms with Crippen LogP contribution in [0.2, 0.25) is 0 Å². The zero-order valence-electron chi connectivity index (χ0n) is 14.9. The highest BCUT2D eigenvalue weighted by Crippen LogP contribution is 2.29. The summed E-state index contributed by atoms with van der Waals surface area (Å²) in [5.41, 5.74) is 1.39. The minimum Gasteiger partial charge on any atom is -0.478 e. The molecule has 144 valence electrons. The number of halogens is 2. The molecule has 1 aromatic heterocycles. The summed E-state index contributed by atoms with van der Waals surface area (Å²) in [7, 11) is 1.45. The Morgan fingerprint density at radius 3 is 2.54 bits per heavy atom. The van der Waals surface area contributed by atoms with Crippen LogP contribution in [0.1, 0.15) is 27.7 Å². The summed E-state index contributed by atoms with van der Waals surface area (Å²) in [6.45, 7) is -0.0664. The third kappa shape index (κ3) is 3.86. The van der Waals surface area contributed by atoms with Gasteiger partial charge < -0.3 is 19.1 Å². The van der Waals surface area contributed by atoms with Gasteiger partial charge in [-0.1, -0.05) is 12.1 Å². The summed E-state index contributed by atoms with van der Waals surface area (Å²) >= 11 is 0. The Labute approximate surface area is 159 Å². The molecule has 0 saturated heterocycles. The van der Waals surface area contributed by atoms with E-state index in [0.29, 0.717) is 5.52 Å². The molecular weight excluding hydrogens is 370 g/mol. The van der Waals surface area contributed by atoms with Gasteiger partial charge in [-0.3, -0.25) is 0 Å². The third-order valence-electron chi connectivity index (χ3n) is 4.30. The van der Waals surface area contributed by atoms with Crippen molar-refractivity contribution in [1.29, 1.82) is 5.26 Å². The topological polar surface area (TPSA) is 84.5 Å². The summed E-state index contributed by atoms with van der Waals surface area (Å²) in [4.78, 5) is 11.0. The number of carbonyl (C=O) groups is 1. The van der Waals surface area contributed by atoms with Gasteiger partial charge in [0.15, 0.2) is 11.6 Å². The van der Waals surface area contributed by atoms with Crippen molar-refractivity contribution in [2.24, 2.45) is 0 Å². The van der Waals surface area contributed by atoms with Gasteiger partial charge in [0.25, 0.3) is 0 Å². The van der Waals surface area contributed by atoms with E-state index in [9.17, 15) is 18.8 Å². The number of benzene rings is 2. The molecule has 0 amide bonds. The molecule has 6 nitrogen and oxygen atoms in total. The summed E-state index contributed by atoms with van der Waals surface area (Å²) < 4.78 is 39.6. The van der Waals surface area contributed by atoms with Gasteiger partial charge in [0, 0.05) is 31.2 Å². The van der Waals surface area contributed by atoms with E-state index in [1.807, 2.05) is 6.07 Å². The summed E-state index contributed by atoms with van der Waals surface area (Å²) in [6, 6.07) is 10.2. The van der Waals surface area contributed by atoms with E-state index in [4.69, 9.17) is 14.6 Å². The number of aromatic carboxylic acids is 1. The Kier molecular flexibility index (Phi) is 5.68. The van der Waals surface area contributed by atoms with E-state index >= 15 is 0 Å². The molecule has 2 aromatic carbocycles. The maximum absolute atomic E-state index is 13.8. The zero-order valence-corrected chi connectivity index (χ0v) is 14.9. The number of fused-ring (bicyclic) bond motifs is 1. The Balaban J connectivity index is 2.03. The monoisotopic (exact) mass is 386 g/mol. The largest absolute Gasteiger partial charge is 0.478 e. The quantitative estimate of drug-likeness (QED) is 0.624. The number of nitriles is 1. The lowest BCUT2D eigenvalue weighted by molar-refractivity contribution is -0.0985. The van der Waals surface area contributed by atoms with Crippen molar-refractivity contribution in [3.05, 3.63) is 70.9 Å². The van der Waals surface area contributed by atoms with Crippen LogP contribution in [0.4, 0.5) is 8.78 Å². The van der Waals surface area contributed by atoms with Crippen molar-refractivity contribution in [1.82, 2.24) is 4.57 Å². The van der Waals surface area contributed by atoms with Crippen LogP contribution in [0.15, 0.2) is 42.6 Å². The second-order valence-electron chi connectivity index (χ2n) is 6.08. The van der Waals surface area contributed by atoms with Crippen LogP contribution in [0.3, 0.4) is 0 Å². The van der Waals surface area contributed by atoms with Crippen molar-refractivity contribution in [2.75, 3.05) is 13.9 Å². The molecule has 28 heavy (non-hydrogen) atoms. The van der Waals surface area contributed by atoms with Gasteiger partial charge in [0.05, 0.1) is 16.6 Å². The Morgan fingerprint density at radius 1 is 1.25 bits per heavy atom.